The monoisotopic (exact) mass is 480 g/mol. The Morgan fingerprint density at radius 3 is 2.56 bits per heavy atom. The van der Waals surface area contributed by atoms with Crippen LogP contribution in [0.4, 0.5) is 22.0 Å². The number of nitrogens with one attached hydrogen (secondary N) is 1. The van der Waals surface area contributed by atoms with Crippen molar-refractivity contribution in [3.8, 4) is 0 Å². The lowest BCUT2D eigenvalue weighted by Crippen LogP contribution is -2.45. The Morgan fingerprint density at radius 2 is 1.94 bits per heavy atom. The van der Waals surface area contributed by atoms with Crippen LogP contribution < -0.4 is 5.32 Å². The molecule has 0 aromatic heterocycles. The van der Waals surface area contributed by atoms with Gasteiger partial charge in [-0.25, -0.2) is 8.78 Å². The second-order valence-electron chi connectivity index (χ2n) is 7.95. The van der Waals surface area contributed by atoms with Crippen molar-refractivity contribution in [1.29, 1.82) is 0 Å². The fourth-order valence-corrected chi connectivity index (χ4v) is 4.42. The zero-order chi connectivity index (χ0) is 24.1. The van der Waals surface area contributed by atoms with Crippen LogP contribution in [0, 0.1) is 17.6 Å². The highest BCUT2D eigenvalue weighted by Crippen LogP contribution is 2.26. The SMILES string of the molecule is CC(C)C(NC(=O)C[C@@H]1CCC(=O)N1Cc1cccc(F)c1F)C(=O)SCCC(F)(F)F. The first-order valence-electron chi connectivity index (χ1n) is 10.1. The maximum atomic E-state index is 14.0. The summed E-state index contributed by atoms with van der Waals surface area (Å²) in [6.45, 7) is 3.12. The summed E-state index contributed by atoms with van der Waals surface area (Å²) in [5.74, 6) is -3.73. The van der Waals surface area contributed by atoms with Gasteiger partial charge in [-0.1, -0.05) is 37.7 Å². The number of amides is 2. The molecule has 5 nitrogen and oxygen atoms in total. The molecule has 1 aliphatic rings. The van der Waals surface area contributed by atoms with E-state index in [4.69, 9.17) is 0 Å². The molecule has 0 radical (unpaired) electrons. The fraction of sp³-hybridized carbons (Fsp3) is 0.571. The summed E-state index contributed by atoms with van der Waals surface area (Å²) in [5.41, 5.74) is -0.0121. The van der Waals surface area contributed by atoms with Crippen LogP contribution in [0.15, 0.2) is 18.2 Å². The molecule has 1 unspecified atom stereocenters. The number of rotatable bonds is 9. The Hall–Kier alpha value is -2.17. The number of alkyl halides is 3. The average molecular weight is 480 g/mol. The number of hydrogen-bond donors (Lipinski definition) is 1. The molecule has 1 saturated heterocycles. The van der Waals surface area contributed by atoms with E-state index in [0.29, 0.717) is 18.2 Å². The number of likely N-dealkylation sites (tertiary alicyclic amines) is 1. The second kappa shape index (κ2) is 11.1. The summed E-state index contributed by atoms with van der Waals surface area (Å²) in [6, 6.07) is 2.10. The molecule has 32 heavy (non-hydrogen) atoms. The van der Waals surface area contributed by atoms with E-state index in [1.54, 1.807) is 13.8 Å². The van der Waals surface area contributed by atoms with Crippen molar-refractivity contribution in [1.82, 2.24) is 10.2 Å². The van der Waals surface area contributed by atoms with E-state index in [2.05, 4.69) is 5.32 Å². The number of carbonyl (C=O) groups excluding carboxylic acids is 3. The highest BCUT2D eigenvalue weighted by molar-refractivity contribution is 8.13. The van der Waals surface area contributed by atoms with Gasteiger partial charge >= 0.3 is 6.18 Å². The minimum atomic E-state index is -4.37. The van der Waals surface area contributed by atoms with Gasteiger partial charge in [0.2, 0.25) is 16.9 Å². The Morgan fingerprint density at radius 1 is 1.25 bits per heavy atom. The van der Waals surface area contributed by atoms with E-state index in [1.807, 2.05) is 0 Å². The summed E-state index contributed by atoms with van der Waals surface area (Å²) in [7, 11) is 0. The Balaban J connectivity index is 1.98. The zero-order valence-corrected chi connectivity index (χ0v) is 18.5. The van der Waals surface area contributed by atoms with Gasteiger partial charge in [-0.3, -0.25) is 14.4 Å². The van der Waals surface area contributed by atoms with E-state index in [9.17, 15) is 36.3 Å². The van der Waals surface area contributed by atoms with Gasteiger partial charge in [-0.2, -0.15) is 13.2 Å². The lowest BCUT2D eigenvalue weighted by molar-refractivity contribution is -0.132. The second-order valence-corrected chi connectivity index (χ2v) is 9.05. The molecule has 1 heterocycles. The molecule has 0 saturated carbocycles. The number of thioether (sulfide) groups is 1. The summed E-state index contributed by atoms with van der Waals surface area (Å²) in [5, 5.41) is 1.98. The van der Waals surface area contributed by atoms with E-state index in [-0.39, 0.29) is 36.8 Å². The van der Waals surface area contributed by atoms with Gasteiger partial charge in [0.15, 0.2) is 11.6 Å². The van der Waals surface area contributed by atoms with Gasteiger partial charge in [-0.05, 0) is 18.4 Å². The summed E-state index contributed by atoms with van der Waals surface area (Å²) in [4.78, 5) is 38.4. The maximum Gasteiger partial charge on any atom is 0.389 e. The van der Waals surface area contributed by atoms with Gasteiger partial charge in [0.05, 0.1) is 6.42 Å². The highest BCUT2D eigenvalue weighted by atomic mass is 32.2. The van der Waals surface area contributed by atoms with Crippen LogP contribution in [0.3, 0.4) is 0 Å². The molecule has 0 spiro atoms. The average Bonchev–Trinajstić information content (AvgIpc) is 3.01. The smallest absolute Gasteiger partial charge is 0.345 e. The van der Waals surface area contributed by atoms with E-state index >= 15 is 0 Å². The first-order chi connectivity index (χ1) is 14.9. The van der Waals surface area contributed by atoms with Gasteiger partial charge in [-0.15, -0.1) is 0 Å². The molecule has 0 bridgehead atoms. The number of hydrogen-bond acceptors (Lipinski definition) is 4. The number of carbonyl (C=O) groups is 3. The van der Waals surface area contributed by atoms with Crippen molar-refractivity contribution in [3.63, 3.8) is 0 Å². The maximum absolute atomic E-state index is 14.0. The van der Waals surface area contributed by atoms with Gasteiger partial charge in [0.1, 0.15) is 6.04 Å². The summed E-state index contributed by atoms with van der Waals surface area (Å²) >= 11 is 0.515. The predicted molar refractivity (Wildman–Crippen MR) is 109 cm³/mol. The third-order valence-corrected chi connectivity index (χ3v) is 6.06. The van der Waals surface area contributed by atoms with Crippen molar-refractivity contribution in [2.75, 3.05) is 5.75 Å². The van der Waals surface area contributed by atoms with E-state index < -0.39 is 53.1 Å². The van der Waals surface area contributed by atoms with Crippen LogP contribution in [0.2, 0.25) is 0 Å². The Kier molecular flexibility index (Phi) is 9.06. The first-order valence-corrected chi connectivity index (χ1v) is 11.1. The van der Waals surface area contributed by atoms with Crippen LogP contribution in [0.5, 0.6) is 0 Å². The lowest BCUT2D eigenvalue weighted by atomic mass is 10.0. The molecule has 2 amide bonds. The molecule has 2 rings (SSSR count). The molecule has 11 heteroatoms. The predicted octanol–water partition coefficient (Wildman–Crippen LogP) is 4.20. The van der Waals surface area contributed by atoms with Crippen molar-refractivity contribution >= 4 is 28.7 Å². The van der Waals surface area contributed by atoms with Crippen molar-refractivity contribution in [3.05, 3.63) is 35.4 Å². The first kappa shape index (κ1) is 26.1. The molecule has 1 N–H and O–H groups in total. The third kappa shape index (κ3) is 7.46. The molecular formula is C21H25F5N2O3S. The van der Waals surface area contributed by atoms with Crippen molar-refractivity contribution < 1.29 is 36.3 Å². The molecule has 0 aliphatic carbocycles. The molecule has 1 fully saturated rings. The molecule has 1 aromatic rings. The topological polar surface area (TPSA) is 66.5 Å². The third-order valence-electron chi connectivity index (χ3n) is 5.11. The summed E-state index contributed by atoms with van der Waals surface area (Å²) in [6.07, 6.45) is -5.16. The van der Waals surface area contributed by atoms with Gasteiger partial charge in [0.25, 0.3) is 0 Å². The minimum absolute atomic E-state index is 0.0121. The normalized spacial score (nSPS) is 17.7. The Bertz CT molecular complexity index is 847. The van der Waals surface area contributed by atoms with Crippen molar-refractivity contribution in [2.24, 2.45) is 5.92 Å². The summed E-state index contributed by atoms with van der Waals surface area (Å²) < 4.78 is 64.4. The number of nitrogens with zero attached hydrogens (tertiary/aromatic N) is 1. The lowest BCUT2D eigenvalue weighted by Gasteiger charge is -2.26. The quantitative estimate of drug-likeness (QED) is 0.538. The van der Waals surface area contributed by atoms with E-state index in [1.165, 1.54) is 17.0 Å². The van der Waals surface area contributed by atoms with Crippen molar-refractivity contribution in [2.45, 2.75) is 64.3 Å². The van der Waals surface area contributed by atoms with Gasteiger partial charge < -0.3 is 10.2 Å². The highest BCUT2D eigenvalue weighted by Gasteiger charge is 2.35. The van der Waals surface area contributed by atoms with E-state index in [0.717, 1.165) is 6.07 Å². The zero-order valence-electron chi connectivity index (χ0n) is 17.7. The fourth-order valence-electron chi connectivity index (χ4n) is 3.38. The van der Waals surface area contributed by atoms with Crippen LogP contribution in [0.1, 0.15) is 45.1 Å². The van der Waals surface area contributed by atoms with Gasteiger partial charge in [0, 0.05) is 36.7 Å². The molecule has 1 aromatic carbocycles. The number of halogens is 5. The van der Waals surface area contributed by atoms with Crippen LogP contribution >= 0.6 is 11.8 Å². The van der Waals surface area contributed by atoms with Crippen LogP contribution in [-0.2, 0) is 20.9 Å². The molecule has 2 atom stereocenters. The van der Waals surface area contributed by atoms with Crippen LogP contribution in [-0.4, -0.2) is 45.8 Å². The molecule has 1 aliphatic heterocycles. The van der Waals surface area contributed by atoms with Crippen LogP contribution in [0.25, 0.3) is 0 Å². The molecule has 178 valence electrons. The largest absolute Gasteiger partial charge is 0.389 e. The number of benzene rings is 1. The standard InChI is InChI=1S/C21H25F5N2O3S/c1-12(2)19(20(31)32-9-8-21(24,25)26)27-16(29)10-14-6-7-17(30)28(14)11-13-4-3-5-15(22)18(13)23/h3-5,12,14,19H,6-11H2,1-2H3,(H,27,29)/t14-,19?/m0/s1. The Labute approximate surface area is 187 Å². The molecular weight excluding hydrogens is 455 g/mol. The minimum Gasteiger partial charge on any atom is -0.345 e.